The number of rotatable bonds is 14. The zero-order valence-electron chi connectivity index (χ0n) is 18.3. The highest BCUT2D eigenvalue weighted by atomic mass is 16.6. The average Bonchev–Trinajstić information content (AvgIpc) is 3.45. The van der Waals surface area contributed by atoms with Gasteiger partial charge >= 0.3 is 5.97 Å². The standard InChI is InChI=1S/C19H33N5O9/c1-10(9-25)15(27)16(28)17(29)19(32)33-5-4-24-8-11(22-23-24)2-3-14(26)21-12-6-13(18(30)31)20-7-12/h8,10,12-13,15-17,19-20,25,27-29,32H,2-7,9H2,1H3,(H,21,26)(H,30,31)/t10?,12-,13+,15?,16?,17?,19?/m1/s1. The molecule has 7 atom stereocenters. The molecule has 0 spiro atoms. The number of aromatic nitrogens is 3. The molecule has 2 heterocycles. The van der Waals surface area contributed by atoms with E-state index < -0.39 is 49.1 Å². The number of amides is 1. The minimum Gasteiger partial charge on any atom is -0.480 e. The number of carboxylic acids is 1. The predicted octanol–water partition coefficient (Wildman–Crippen LogP) is -3.81. The third-order valence-corrected chi connectivity index (χ3v) is 5.46. The van der Waals surface area contributed by atoms with Gasteiger partial charge in [-0.25, -0.2) is 4.68 Å². The molecular weight excluding hydrogens is 442 g/mol. The topological polar surface area (TPSA) is 220 Å². The number of hydrogen-bond donors (Lipinski definition) is 8. The molecule has 5 unspecified atom stereocenters. The second-order valence-corrected chi connectivity index (χ2v) is 8.17. The zero-order valence-corrected chi connectivity index (χ0v) is 18.3. The van der Waals surface area contributed by atoms with Gasteiger partial charge in [-0.15, -0.1) is 5.10 Å². The van der Waals surface area contributed by atoms with E-state index in [4.69, 9.17) is 14.9 Å². The molecule has 14 nitrogen and oxygen atoms in total. The summed E-state index contributed by atoms with van der Waals surface area (Å²) in [5, 5.41) is 70.8. The predicted molar refractivity (Wildman–Crippen MR) is 111 cm³/mol. The first-order valence-electron chi connectivity index (χ1n) is 10.7. The van der Waals surface area contributed by atoms with Gasteiger partial charge in [0.05, 0.1) is 24.9 Å². The molecule has 14 heteroatoms. The third-order valence-electron chi connectivity index (χ3n) is 5.46. The molecule has 1 amide bonds. The summed E-state index contributed by atoms with van der Waals surface area (Å²) in [6, 6.07) is -0.894. The Bertz CT molecular complexity index is 764. The monoisotopic (exact) mass is 475 g/mol. The molecule has 0 radical (unpaired) electrons. The molecule has 0 aromatic carbocycles. The van der Waals surface area contributed by atoms with Gasteiger partial charge in [-0.3, -0.25) is 9.59 Å². The van der Waals surface area contributed by atoms with Gasteiger partial charge < -0.3 is 46.0 Å². The number of aliphatic hydroxyl groups is 5. The minimum absolute atomic E-state index is 0.0840. The number of aliphatic hydroxyl groups excluding tert-OH is 5. The Morgan fingerprint density at radius 2 is 2.00 bits per heavy atom. The van der Waals surface area contributed by atoms with Gasteiger partial charge in [-0.05, 0) is 6.42 Å². The molecule has 1 aromatic rings. The van der Waals surface area contributed by atoms with Gasteiger partial charge in [-0.2, -0.15) is 0 Å². The first-order chi connectivity index (χ1) is 15.6. The van der Waals surface area contributed by atoms with Gasteiger partial charge in [0, 0.05) is 44.1 Å². The number of nitrogens with zero attached hydrogens (tertiary/aromatic N) is 3. The van der Waals surface area contributed by atoms with Crippen molar-refractivity contribution < 1.29 is 45.0 Å². The second kappa shape index (κ2) is 12.9. The quantitative estimate of drug-likeness (QED) is 0.121. The van der Waals surface area contributed by atoms with Gasteiger partial charge in [0.25, 0.3) is 0 Å². The number of carboxylic acid groups (broad SMARTS) is 1. The number of carbonyl (C=O) groups excluding carboxylic acids is 1. The van der Waals surface area contributed by atoms with Crippen LogP contribution in [0.4, 0.5) is 0 Å². The van der Waals surface area contributed by atoms with E-state index in [2.05, 4.69) is 20.9 Å². The zero-order chi connectivity index (χ0) is 24.5. The van der Waals surface area contributed by atoms with Gasteiger partial charge in [0.2, 0.25) is 5.91 Å². The van der Waals surface area contributed by atoms with Crippen LogP contribution in [0.2, 0.25) is 0 Å². The molecule has 0 bridgehead atoms. The molecule has 1 saturated heterocycles. The van der Waals surface area contributed by atoms with Crippen LogP contribution in [0.25, 0.3) is 0 Å². The van der Waals surface area contributed by atoms with Crippen molar-refractivity contribution in [1.29, 1.82) is 0 Å². The third kappa shape index (κ3) is 8.26. The van der Waals surface area contributed by atoms with Crippen LogP contribution < -0.4 is 10.6 Å². The Kier molecular flexibility index (Phi) is 10.6. The molecule has 1 aliphatic heterocycles. The number of ether oxygens (including phenoxy) is 1. The molecule has 8 N–H and O–H groups in total. The fourth-order valence-corrected chi connectivity index (χ4v) is 3.32. The van der Waals surface area contributed by atoms with Crippen LogP contribution in [0.3, 0.4) is 0 Å². The fraction of sp³-hybridized carbons (Fsp3) is 0.789. The van der Waals surface area contributed by atoms with E-state index in [0.717, 1.165) is 0 Å². The van der Waals surface area contributed by atoms with Crippen LogP contribution in [-0.2, 0) is 27.3 Å². The lowest BCUT2D eigenvalue weighted by atomic mass is 9.97. The number of aliphatic carboxylic acids is 1. The molecule has 1 fully saturated rings. The summed E-state index contributed by atoms with van der Waals surface area (Å²) in [7, 11) is 0. The lowest BCUT2D eigenvalue weighted by Crippen LogP contribution is -2.48. The Morgan fingerprint density at radius 1 is 1.27 bits per heavy atom. The van der Waals surface area contributed by atoms with Crippen molar-refractivity contribution in [2.24, 2.45) is 5.92 Å². The summed E-state index contributed by atoms with van der Waals surface area (Å²) in [6.07, 6.45) is -4.29. The largest absolute Gasteiger partial charge is 0.480 e. The Labute approximate surface area is 190 Å². The molecule has 1 aliphatic rings. The van der Waals surface area contributed by atoms with E-state index in [1.165, 1.54) is 11.6 Å². The Hall–Kier alpha value is -2.20. The van der Waals surface area contributed by atoms with Crippen molar-refractivity contribution in [3.8, 4) is 0 Å². The lowest BCUT2D eigenvalue weighted by molar-refractivity contribution is -0.207. The Morgan fingerprint density at radius 3 is 2.64 bits per heavy atom. The maximum atomic E-state index is 12.1. The van der Waals surface area contributed by atoms with Crippen LogP contribution >= 0.6 is 0 Å². The van der Waals surface area contributed by atoms with Crippen molar-refractivity contribution in [2.45, 2.75) is 69.4 Å². The molecule has 33 heavy (non-hydrogen) atoms. The molecule has 0 saturated carbocycles. The fourth-order valence-electron chi connectivity index (χ4n) is 3.32. The van der Waals surface area contributed by atoms with Crippen LogP contribution in [0, 0.1) is 5.92 Å². The van der Waals surface area contributed by atoms with E-state index in [1.54, 1.807) is 6.20 Å². The van der Waals surface area contributed by atoms with E-state index in [9.17, 15) is 30.0 Å². The second-order valence-electron chi connectivity index (χ2n) is 8.17. The smallest absolute Gasteiger partial charge is 0.320 e. The number of aryl methyl sites for hydroxylation is 1. The van der Waals surface area contributed by atoms with E-state index >= 15 is 0 Å². The van der Waals surface area contributed by atoms with Crippen molar-refractivity contribution in [1.82, 2.24) is 25.6 Å². The number of hydrogen-bond acceptors (Lipinski definition) is 11. The minimum atomic E-state index is -1.78. The normalized spacial score (nSPS) is 23.0. The average molecular weight is 475 g/mol. The molecule has 188 valence electrons. The van der Waals surface area contributed by atoms with Gasteiger partial charge in [0.15, 0.2) is 6.29 Å². The highest BCUT2D eigenvalue weighted by Crippen LogP contribution is 2.13. The lowest BCUT2D eigenvalue weighted by Gasteiger charge is -2.28. The van der Waals surface area contributed by atoms with Crippen LogP contribution in [0.5, 0.6) is 0 Å². The summed E-state index contributed by atoms with van der Waals surface area (Å²) in [5.74, 6) is -1.87. The summed E-state index contributed by atoms with van der Waals surface area (Å²) >= 11 is 0. The summed E-state index contributed by atoms with van der Waals surface area (Å²) < 4.78 is 6.49. The van der Waals surface area contributed by atoms with Crippen LogP contribution in [-0.4, -0.2) is 114 Å². The van der Waals surface area contributed by atoms with E-state index in [1.807, 2.05) is 0 Å². The van der Waals surface area contributed by atoms with Crippen molar-refractivity contribution in [3.63, 3.8) is 0 Å². The number of carbonyl (C=O) groups is 2. The molecule has 1 aromatic heterocycles. The van der Waals surface area contributed by atoms with Gasteiger partial charge in [0.1, 0.15) is 18.2 Å². The highest BCUT2D eigenvalue weighted by Gasteiger charge is 2.33. The first kappa shape index (κ1) is 27.0. The van der Waals surface area contributed by atoms with Crippen LogP contribution in [0.15, 0.2) is 6.20 Å². The molecule has 2 rings (SSSR count). The van der Waals surface area contributed by atoms with Crippen molar-refractivity contribution >= 4 is 11.9 Å². The van der Waals surface area contributed by atoms with Crippen LogP contribution in [0.1, 0.15) is 25.5 Å². The molecule has 0 aliphatic carbocycles. The van der Waals surface area contributed by atoms with E-state index in [0.29, 0.717) is 25.1 Å². The van der Waals surface area contributed by atoms with Crippen molar-refractivity contribution in [2.75, 3.05) is 19.8 Å². The number of nitrogens with one attached hydrogen (secondary N) is 2. The SMILES string of the molecule is CC(CO)C(O)C(O)C(O)C(O)OCCn1cc(CCC(=O)N[C@H]2CN[C@H](C(=O)O)C2)nn1. The maximum absolute atomic E-state index is 12.1. The van der Waals surface area contributed by atoms with Crippen molar-refractivity contribution in [3.05, 3.63) is 11.9 Å². The summed E-state index contributed by atoms with van der Waals surface area (Å²) in [6.45, 7) is 1.55. The van der Waals surface area contributed by atoms with Gasteiger partial charge in [-0.1, -0.05) is 12.1 Å². The van der Waals surface area contributed by atoms with E-state index in [-0.39, 0.29) is 31.5 Å². The summed E-state index contributed by atoms with van der Waals surface area (Å²) in [5.41, 5.74) is 0.551. The highest BCUT2D eigenvalue weighted by molar-refractivity contribution is 5.77. The maximum Gasteiger partial charge on any atom is 0.320 e. The first-order valence-corrected chi connectivity index (χ1v) is 10.7. The Balaban J connectivity index is 1.68. The molecular formula is C19H33N5O9. The summed E-state index contributed by atoms with van der Waals surface area (Å²) in [4.78, 5) is 23.0.